The predicted molar refractivity (Wildman–Crippen MR) is 83.5 cm³/mol. The molecule has 0 radical (unpaired) electrons. The van der Waals surface area contributed by atoms with Crippen LogP contribution in [0.1, 0.15) is 22.8 Å². The van der Waals surface area contributed by atoms with Crippen LogP contribution in [0.15, 0.2) is 23.1 Å². The first-order chi connectivity index (χ1) is 9.42. The van der Waals surface area contributed by atoms with E-state index in [0.717, 1.165) is 6.54 Å². The van der Waals surface area contributed by atoms with Gasteiger partial charge in [0.1, 0.15) is 0 Å². The number of nitrogens with one attached hydrogen (secondary N) is 2. The van der Waals surface area contributed by atoms with Gasteiger partial charge in [-0.15, -0.1) is 12.4 Å². The first-order valence-corrected chi connectivity index (χ1v) is 7.80. The van der Waals surface area contributed by atoms with Crippen molar-refractivity contribution in [1.29, 1.82) is 0 Å². The van der Waals surface area contributed by atoms with E-state index in [-0.39, 0.29) is 17.3 Å². The number of carbonyl (C=O) groups excluding carboxylic acids is 1. The van der Waals surface area contributed by atoms with E-state index in [9.17, 15) is 13.2 Å². The van der Waals surface area contributed by atoms with Crippen molar-refractivity contribution in [2.75, 3.05) is 26.7 Å². The van der Waals surface area contributed by atoms with Gasteiger partial charge < -0.3 is 10.1 Å². The molecule has 120 valence electrons. The fourth-order valence-electron chi connectivity index (χ4n) is 1.72. The second-order valence-electron chi connectivity index (χ2n) is 4.22. The summed E-state index contributed by atoms with van der Waals surface area (Å²) < 4.78 is 31.3. The third-order valence-corrected chi connectivity index (χ3v) is 4.35. The summed E-state index contributed by atoms with van der Waals surface area (Å²) in [6.07, 6.45) is 0. The van der Waals surface area contributed by atoms with Crippen molar-refractivity contribution in [2.24, 2.45) is 0 Å². The molecule has 8 heteroatoms. The van der Waals surface area contributed by atoms with Gasteiger partial charge in [0.05, 0.1) is 17.6 Å². The number of hydrogen-bond acceptors (Lipinski definition) is 5. The molecule has 0 aliphatic rings. The van der Waals surface area contributed by atoms with Gasteiger partial charge in [0, 0.05) is 13.1 Å². The third kappa shape index (κ3) is 5.62. The Morgan fingerprint density at radius 1 is 1.29 bits per heavy atom. The van der Waals surface area contributed by atoms with Gasteiger partial charge in [-0.3, -0.25) is 0 Å². The average molecular weight is 337 g/mol. The summed E-state index contributed by atoms with van der Waals surface area (Å²) in [7, 11) is -2.28. The number of benzene rings is 1. The molecule has 1 aromatic carbocycles. The molecule has 0 atom stereocenters. The maximum atomic E-state index is 12.1. The Labute approximate surface area is 131 Å². The lowest BCUT2D eigenvalue weighted by Crippen LogP contribution is -2.32. The van der Waals surface area contributed by atoms with Crippen molar-refractivity contribution in [1.82, 2.24) is 10.0 Å². The van der Waals surface area contributed by atoms with Crippen LogP contribution in [0.2, 0.25) is 0 Å². The fourth-order valence-corrected chi connectivity index (χ4v) is 2.98. The van der Waals surface area contributed by atoms with E-state index in [1.165, 1.54) is 25.3 Å². The molecule has 0 bridgehead atoms. The average Bonchev–Trinajstić information content (AvgIpc) is 2.42. The summed E-state index contributed by atoms with van der Waals surface area (Å²) >= 11 is 0. The Hall–Kier alpha value is -1.15. The largest absolute Gasteiger partial charge is 0.465 e. The van der Waals surface area contributed by atoms with E-state index in [1.807, 2.05) is 6.92 Å². The minimum Gasteiger partial charge on any atom is -0.465 e. The van der Waals surface area contributed by atoms with Crippen molar-refractivity contribution in [2.45, 2.75) is 18.7 Å². The van der Waals surface area contributed by atoms with Crippen LogP contribution in [0.5, 0.6) is 0 Å². The molecule has 0 amide bonds. The number of methoxy groups -OCH3 is 1. The number of likely N-dealkylation sites (N-methyl/N-ethyl adjacent to an activating group) is 1. The zero-order chi connectivity index (χ0) is 15.2. The predicted octanol–water partition coefficient (Wildman–Crippen LogP) is 1.09. The third-order valence-electron chi connectivity index (χ3n) is 2.73. The molecule has 0 heterocycles. The van der Waals surface area contributed by atoms with Gasteiger partial charge in [-0.2, -0.15) is 0 Å². The van der Waals surface area contributed by atoms with Crippen LogP contribution in [-0.4, -0.2) is 41.1 Å². The number of hydrogen-bond donors (Lipinski definition) is 2. The monoisotopic (exact) mass is 336 g/mol. The lowest BCUT2D eigenvalue weighted by molar-refractivity contribution is 0.0600. The van der Waals surface area contributed by atoms with E-state index in [2.05, 4.69) is 14.8 Å². The minimum atomic E-state index is -3.56. The Bertz CT molecular complexity index is 576. The van der Waals surface area contributed by atoms with Gasteiger partial charge in [-0.1, -0.05) is 6.92 Å². The molecule has 0 aliphatic heterocycles. The summed E-state index contributed by atoms with van der Waals surface area (Å²) in [4.78, 5) is 11.5. The Morgan fingerprint density at radius 2 is 1.95 bits per heavy atom. The quantitative estimate of drug-likeness (QED) is 0.575. The number of esters is 1. The van der Waals surface area contributed by atoms with Crippen molar-refractivity contribution >= 4 is 28.4 Å². The molecule has 1 rings (SSSR count). The van der Waals surface area contributed by atoms with Crippen molar-refractivity contribution in [3.05, 3.63) is 29.3 Å². The molecule has 2 N–H and O–H groups in total. The van der Waals surface area contributed by atoms with Gasteiger partial charge in [-0.25, -0.2) is 17.9 Å². The van der Waals surface area contributed by atoms with E-state index >= 15 is 0 Å². The van der Waals surface area contributed by atoms with Crippen molar-refractivity contribution in [3.8, 4) is 0 Å². The van der Waals surface area contributed by atoms with Crippen molar-refractivity contribution in [3.63, 3.8) is 0 Å². The van der Waals surface area contributed by atoms with Crippen molar-refractivity contribution < 1.29 is 17.9 Å². The summed E-state index contributed by atoms with van der Waals surface area (Å²) in [6, 6.07) is 4.36. The van der Waals surface area contributed by atoms with Gasteiger partial charge in [0.25, 0.3) is 0 Å². The maximum absolute atomic E-state index is 12.1. The zero-order valence-corrected chi connectivity index (χ0v) is 13.9. The number of halogens is 1. The highest BCUT2D eigenvalue weighted by molar-refractivity contribution is 7.89. The molecule has 0 aliphatic carbocycles. The van der Waals surface area contributed by atoms with E-state index in [1.54, 1.807) is 6.92 Å². The van der Waals surface area contributed by atoms with Crippen LogP contribution < -0.4 is 10.0 Å². The highest BCUT2D eigenvalue weighted by Gasteiger charge is 2.17. The standard InChI is InChI=1S/C13H20N2O4S.ClH/c1-4-14-7-8-15-20(17,18)12-6-5-11(9-10(12)2)13(16)19-3;/h5-6,9,14-15H,4,7-8H2,1-3H3;1H. The number of sulfonamides is 1. The second kappa shape index (κ2) is 8.99. The van der Waals surface area contributed by atoms with Crippen LogP contribution in [0.4, 0.5) is 0 Å². The van der Waals surface area contributed by atoms with Crippen LogP contribution in [0.3, 0.4) is 0 Å². The Balaban J connectivity index is 0.00000400. The first kappa shape index (κ1) is 19.9. The molecular weight excluding hydrogens is 316 g/mol. The normalized spacial score (nSPS) is 10.8. The SMILES string of the molecule is CCNCCNS(=O)(=O)c1ccc(C(=O)OC)cc1C.Cl. The molecule has 21 heavy (non-hydrogen) atoms. The Morgan fingerprint density at radius 3 is 2.48 bits per heavy atom. The summed E-state index contributed by atoms with van der Waals surface area (Å²) in [5, 5.41) is 3.03. The molecule has 1 aromatic rings. The van der Waals surface area contributed by atoms with Crippen LogP contribution >= 0.6 is 12.4 Å². The molecule has 0 saturated carbocycles. The summed E-state index contributed by atoms with van der Waals surface area (Å²) in [5.41, 5.74) is 0.834. The molecule has 0 saturated heterocycles. The molecule has 0 spiro atoms. The van der Waals surface area contributed by atoms with Gasteiger partial charge in [0.2, 0.25) is 10.0 Å². The number of carbonyl (C=O) groups is 1. The van der Waals surface area contributed by atoms with Crippen LogP contribution in [0.25, 0.3) is 0 Å². The smallest absolute Gasteiger partial charge is 0.337 e. The van der Waals surface area contributed by atoms with Gasteiger partial charge in [0.15, 0.2) is 0 Å². The topological polar surface area (TPSA) is 84.5 Å². The summed E-state index contributed by atoms with van der Waals surface area (Å²) in [5.74, 6) is -0.489. The molecule has 6 nitrogen and oxygen atoms in total. The lowest BCUT2D eigenvalue weighted by atomic mass is 10.1. The highest BCUT2D eigenvalue weighted by Crippen LogP contribution is 2.17. The van der Waals surface area contributed by atoms with E-state index < -0.39 is 16.0 Å². The number of aryl methyl sites for hydroxylation is 1. The van der Waals surface area contributed by atoms with Crippen LogP contribution in [-0.2, 0) is 14.8 Å². The van der Waals surface area contributed by atoms with E-state index in [4.69, 9.17) is 0 Å². The first-order valence-electron chi connectivity index (χ1n) is 6.31. The highest BCUT2D eigenvalue weighted by atomic mass is 35.5. The maximum Gasteiger partial charge on any atom is 0.337 e. The molecular formula is C13H21ClN2O4S. The zero-order valence-electron chi connectivity index (χ0n) is 12.3. The van der Waals surface area contributed by atoms with E-state index in [0.29, 0.717) is 24.2 Å². The molecule has 0 aromatic heterocycles. The number of ether oxygens (including phenoxy) is 1. The Kier molecular flexibility index (Phi) is 8.50. The van der Waals surface area contributed by atoms with Gasteiger partial charge in [-0.05, 0) is 37.2 Å². The van der Waals surface area contributed by atoms with Crippen LogP contribution in [0, 0.1) is 6.92 Å². The van der Waals surface area contributed by atoms with Gasteiger partial charge >= 0.3 is 5.97 Å². The minimum absolute atomic E-state index is 0. The summed E-state index contributed by atoms with van der Waals surface area (Å²) in [6.45, 7) is 5.26. The fraction of sp³-hybridized carbons (Fsp3) is 0.462. The molecule has 0 unspecified atom stereocenters. The second-order valence-corrected chi connectivity index (χ2v) is 5.96. The lowest BCUT2D eigenvalue weighted by Gasteiger charge is -2.10. The number of rotatable bonds is 7. The molecule has 0 fully saturated rings.